The average molecular weight is 506 g/mol. The molecule has 0 aliphatic heterocycles. The van der Waals surface area contributed by atoms with Gasteiger partial charge in [0.1, 0.15) is 5.54 Å². The number of hydrogen-bond acceptors (Lipinski definition) is 1. The minimum atomic E-state index is -0.698. The molecular formula is C31H24BrNO. The minimum absolute atomic E-state index is 0.223. The summed E-state index contributed by atoms with van der Waals surface area (Å²) in [5.41, 5.74) is 5.79. The number of aromatic nitrogens is 1. The molecule has 0 saturated carbocycles. The van der Waals surface area contributed by atoms with Crippen LogP contribution in [0.5, 0.6) is 0 Å². The predicted molar refractivity (Wildman–Crippen MR) is 142 cm³/mol. The summed E-state index contributed by atoms with van der Waals surface area (Å²) in [5.74, 6) is 0.223. The molecular weight excluding hydrogens is 482 g/mol. The van der Waals surface area contributed by atoms with Gasteiger partial charge in [0.25, 0.3) is 0 Å². The predicted octanol–water partition coefficient (Wildman–Crippen LogP) is 7.76. The number of ketones is 1. The first kappa shape index (κ1) is 21.1. The fraction of sp³-hybridized carbons (Fsp3) is 0.129. The molecule has 1 aromatic heterocycles. The molecule has 4 aromatic carbocycles. The highest BCUT2D eigenvalue weighted by atomic mass is 79.9. The van der Waals surface area contributed by atoms with Crippen LogP contribution in [0.25, 0.3) is 10.9 Å². The second-order valence-corrected chi connectivity index (χ2v) is 9.82. The van der Waals surface area contributed by atoms with Crippen LogP contribution < -0.4 is 0 Å². The van der Waals surface area contributed by atoms with E-state index < -0.39 is 5.54 Å². The van der Waals surface area contributed by atoms with Gasteiger partial charge in [-0.2, -0.15) is 0 Å². The minimum Gasteiger partial charge on any atom is -0.319 e. The zero-order valence-corrected chi connectivity index (χ0v) is 20.3. The Kier molecular flexibility index (Phi) is 5.23. The number of rotatable bonds is 4. The average Bonchev–Trinajstić information content (AvgIpc) is 3.22. The fourth-order valence-corrected chi connectivity index (χ4v) is 6.05. The summed E-state index contributed by atoms with van der Waals surface area (Å²) in [6.45, 7) is 0. The molecule has 34 heavy (non-hydrogen) atoms. The molecule has 0 radical (unpaired) electrons. The molecule has 0 spiro atoms. The Hall–Kier alpha value is -3.43. The Balaban J connectivity index is 1.87. The van der Waals surface area contributed by atoms with Crippen LogP contribution in [0.15, 0.2) is 114 Å². The third-order valence-corrected chi connectivity index (χ3v) is 7.53. The molecule has 1 heterocycles. The van der Waals surface area contributed by atoms with Crippen LogP contribution in [0.4, 0.5) is 0 Å². The van der Waals surface area contributed by atoms with Crippen LogP contribution in [0.2, 0.25) is 0 Å². The lowest BCUT2D eigenvalue weighted by Crippen LogP contribution is -2.40. The van der Waals surface area contributed by atoms with Crippen molar-refractivity contribution in [1.82, 2.24) is 4.57 Å². The number of benzene rings is 4. The third-order valence-electron chi connectivity index (χ3n) is 7.04. The second-order valence-electron chi connectivity index (χ2n) is 8.91. The zero-order chi connectivity index (χ0) is 23.1. The first-order valence-corrected chi connectivity index (χ1v) is 12.5. The lowest BCUT2D eigenvalue weighted by molar-refractivity contribution is 0.0961. The number of carbonyl (C=O) groups is 1. The summed E-state index contributed by atoms with van der Waals surface area (Å²) in [5, 5.41) is 1.16. The Labute approximate surface area is 208 Å². The Morgan fingerprint density at radius 2 is 1.21 bits per heavy atom. The first-order valence-electron chi connectivity index (χ1n) is 11.7. The van der Waals surface area contributed by atoms with Gasteiger partial charge in [0.05, 0.1) is 11.2 Å². The van der Waals surface area contributed by atoms with Crippen LogP contribution in [0.3, 0.4) is 0 Å². The first-order chi connectivity index (χ1) is 16.7. The number of aryl methyl sites for hydroxylation is 1. The SMILES string of the molecule is O=C1CCCc2c1n(C(c1ccccc1)(c1ccccc1)c1ccccc1)c1ccc(Br)cc21. The lowest BCUT2D eigenvalue weighted by Gasteiger charge is -2.40. The largest absolute Gasteiger partial charge is 0.319 e. The van der Waals surface area contributed by atoms with Gasteiger partial charge in [0.2, 0.25) is 0 Å². The topological polar surface area (TPSA) is 22.0 Å². The summed E-state index contributed by atoms with van der Waals surface area (Å²) < 4.78 is 3.37. The molecule has 0 saturated heterocycles. The molecule has 0 bridgehead atoms. The maximum absolute atomic E-state index is 13.7. The van der Waals surface area contributed by atoms with Crippen LogP contribution in [-0.2, 0) is 12.0 Å². The molecule has 0 amide bonds. The number of hydrogen-bond donors (Lipinski definition) is 0. The molecule has 0 N–H and O–H groups in total. The standard InChI is InChI=1S/C31H24BrNO/c32-25-19-20-28-27(21-25)26-17-10-18-29(34)30(26)33(28)31(22-11-4-1-5-12-22,23-13-6-2-7-14-23)24-15-8-3-9-16-24/h1-9,11-16,19-21H,10,17-18H2. The van der Waals surface area contributed by atoms with Gasteiger partial charge >= 0.3 is 0 Å². The number of nitrogens with zero attached hydrogens (tertiary/aromatic N) is 1. The van der Waals surface area contributed by atoms with E-state index in [9.17, 15) is 4.79 Å². The van der Waals surface area contributed by atoms with Gasteiger partial charge in [0, 0.05) is 16.3 Å². The molecule has 6 rings (SSSR count). The van der Waals surface area contributed by atoms with Gasteiger partial charge in [-0.25, -0.2) is 0 Å². The Morgan fingerprint density at radius 3 is 1.74 bits per heavy atom. The molecule has 3 heteroatoms. The Bertz CT molecular complexity index is 1390. The number of Topliss-reactive ketones (excluding diaryl/α,β-unsaturated/α-hetero) is 1. The maximum Gasteiger partial charge on any atom is 0.179 e. The molecule has 0 unspecified atom stereocenters. The molecule has 0 fully saturated rings. The maximum atomic E-state index is 13.7. The number of carbonyl (C=O) groups excluding carboxylic acids is 1. The van der Waals surface area contributed by atoms with E-state index in [1.165, 1.54) is 5.56 Å². The lowest BCUT2D eigenvalue weighted by atomic mass is 9.76. The molecule has 5 aromatic rings. The van der Waals surface area contributed by atoms with Gasteiger partial charge in [-0.1, -0.05) is 107 Å². The van der Waals surface area contributed by atoms with E-state index in [2.05, 4.69) is 130 Å². The van der Waals surface area contributed by atoms with Gasteiger partial charge in [-0.15, -0.1) is 0 Å². The van der Waals surface area contributed by atoms with Crippen molar-refractivity contribution in [3.8, 4) is 0 Å². The Morgan fingerprint density at radius 1 is 0.676 bits per heavy atom. The molecule has 1 aliphatic carbocycles. The highest BCUT2D eigenvalue weighted by Gasteiger charge is 2.43. The summed E-state index contributed by atoms with van der Waals surface area (Å²) >= 11 is 3.68. The van der Waals surface area contributed by atoms with Crippen LogP contribution >= 0.6 is 15.9 Å². The zero-order valence-electron chi connectivity index (χ0n) is 18.7. The number of fused-ring (bicyclic) bond motifs is 3. The van der Waals surface area contributed by atoms with Crippen LogP contribution in [0, 0.1) is 0 Å². The monoisotopic (exact) mass is 505 g/mol. The smallest absolute Gasteiger partial charge is 0.179 e. The van der Waals surface area contributed by atoms with Crippen molar-refractivity contribution in [2.24, 2.45) is 0 Å². The van der Waals surface area contributed by atoms with Crippen molar-refractivity contribution >= 4 is 32.6 Å². The van der Waals surface area contributed by atoms with Gasteiger partial charge in [0.15, 0.2) is 5.78 Å². The van der Waals surface area contributed by atoms with Crippen molar-refractivity contribution in [3.05, 3.63) is 142 Å². The normalized spacial score (nSPS) is 13.7. The quantitative estimate of drug-likeness (QED) is 0.228. The van der Waals surface area contributed by atoms with Gasteiger partial charge in [-0.05, 0) is 53.3 Å². The molecule has 1 aliphatic rings. The second kappa shape index (κ2) is 8.41. The van der Waals surface area contributed by atoms with Gasteiger partial charge in [-0.3, -0.25) is 4.79 Å². The van der Waals surface area contributed by atoms with Crippen molar-refractivity contribution < 1.29 is 4.79 Å². The van der Waals surface area contributed by atoms with E-state index >= 15 is 0 Å². The van der Waals surface area contributed by atoms with E-state index in [4.69, 9.17) is 0 Å². The number of halogens is 1. The van der Waals surface area contributed by atoms with Crippen LogP contribution in [0.1, 0.15) is 45.6 Å². The van der Waals surface area contributed by atoms with Crippen molar-refractivity contribution in [1.29, 1.82) is 0 Å². The van der Waals surface area contributed by atoms with E-state index in [0.717, 1.165) is 50.6 Å². The van der Waals surface area contributed by atoms with E-state index in [0.29, 0.717) is 6.42 Å². The summed E-state index contributed by atoms with van der Waals surface area (Å²) in [6.07, 6.45) is 2.39. The van der Waals surface area contributed by atoms with E-state index in [1.807, 2.05) is 0 Å². The molecule has 2 nitrogen and oxygen atoms in total. The third kappa shape index (κ3) is 3.11. The summed E-state index contributed by atoms with van der Waals surface area (Å²) in [6, 6.07) is 38.2. The van der Waals surface area contributed by atoms with Crippen molar-refractivity contribution in [2.75, 3.05) is 0 Å². The van der Waals surface area contributed by atoms with Crippen LogP contribution in [-0.4, -0.2) is 10.4 Å². The van der Waals surface area contributed by atoms with Gasteiger partial charge < -0.3 is 4.57 Å². The molecule has 166 valence electrons. The van der Waals surface area contributed by atoms with E-state index in [-0.39, 0.29) is 5.78 Å². The molecule has 0 atom stereocenters. The van der Waals surface area contributed by atoms with Crippen molar-refractivity contribution in [2.45, 2.75) is 24.8 Å². The van der Waals surface area contributed by atoms with Crippen molar-refractivity contribution in [3.63, 3.8) is 0 Å². The highest BCUT2D eigenvalue weighted by molar-refractivity contribution is 9.10. The summed E-state index contributed by atoms with van der Waals surface area (Å²) in [7, 11) is 0. The fourth-order valence-electron chi connectivity index (χ4n) is 5.69. The summed E-state index contributed by atoms with van der Waals surface area (Å²) in [4.78, 5) is 13.7. The highest BCUT2D eigenvalue weighted by Crippen LogP contribution is 2.47. The van der Waals surface area contributed by atoms with E-state index in [1.54, 1.807) is 0 Å².